The summed E-state index contributed by atoms with van der Waals surface area (Å²) >= 11 is 0. The first kappa shape index (κ1) is 25.4. The third-order valence-corrected chi connectivity index (χ3v) is 5.09. The summed E-state index contributed by atoms with van der Waals surface area (Å²) in [5, 5.41) is 0. The number of carbonyl (C=O) groups is 1. The molecular formula is C30H30O5. The highest BCUT2D eigenvalue weighted by atomic mass is 16.5. The van der Waals surface area contributed by atoms with Crippen molar-refractivity contribution >= 4 is 30.3 Å². The van der Waals surface area contributed by atoms with Crippen LogP contribution in [0.15, 0.2) is 78.9 Å². The Balaban J connectivity index is 1.74. The molecule has 0 bridgehead atoms. The summed E-state index contributed by atoms with van der Waals surface area (Å²) < 4.78 is 21.3. The third kappa shape index (κ3) is 8.23. The molecule has 0 saturated heterocycles. The van der Waals surface area contributed by atoms with Crippen LogP contribution in [0.1, 0.15) is 29.2 Å². The van der Waals surface area contributed by atoms with E-state index in [0.717, 1.165) is 39.5 Å². The predicted molar refractivity (Wildman–Crippen MR) is 142 cm³/mol. The lowest BCUT2D eigenvalue weighted by atomic mass is 10.0. The van der Waals surface area contributed by atoms with Crippen LogP contribution in [0.3, 0.4) is 0 Å². The van der Waals surface area contributed by atoms with E-state index < -0.39 is 0 Å². The average molecular weight is 471 g/mol. The Morgan fingerprint density at radius 3 is 1.91 bits per heavy atom. The van der Waals surface area contributed by atoms with Gasteiger partial charge in [-0.15, -0.1) is 0 Å². The predicted octanol–water partition coefficient (Wildman–Crippen LogP) is 6.54. The molecule has 0 aliphatic rings. The molecule has 35 heavy (non-hydrogen) atoms. The summed E-state index contributed by atoms with van der Waals surface area (Å²) in [4.78, 5) is 11.8. The largest absolute Gasteiger partial charge is 0.497 e. The molecule has 0 saturated carbocycles. The molecule has 180 valence electrons. The monoisotopic (exact) mass is 470 g/mol. The molecule has 5 heteroatoms. The number of methoxy groups -OCH3 is 2. The Bertz CT molecular complexity index is 1170. The maximum Gasteiger partial charge on any atom is 0.330 e. The molecule has 3 aromatic carbocycles. The summed E-state index contributed by atoms with van der Waals surface area (Å²) in [5.74, 6) is 1.98. The van der Waals surface area contributed by atoms with E-state index in [0.29, 0.717) is 13.2 Å². The molecule has 3 aromatic rings. The number of ether oxygens (including phenoxy) is 4. The number of hydrogen-bond acceptors (Lipinski definition) is 5. The zero-order valence-corrected chi connectivity index (χ0v) is 20.3. The van der Waals surface area contributed by atoms with Gasteiger partial charge in [0.05, 0.1) is 20.8 Å². The zero-order valence-electron chi connectivity index (χ0n) is 20.3. The SMILES string of the molecule is CCOC(=O)/C=C/c1ccc(OC/C=C/c2ccc(OC)cc2)cc1/C=C/c1ccc(OC)cc1. The highest BCUT2D eigenvalue weighted by Gasteiger charge is 2.03. The van der Waals surface area contributed by atoms with E-state index in [4.69, 9.17) is 18.9 Å². The molecule has 0 radical (unpaired) electrons. The van der Waals surface area contributed by atoms with Crippen LogP contribution in [0.4, 0.5) is 0 Å². The first-order valence-electron chi connectivity index (χ1n) is 11.4. The Hall–Kier alpha value is -4.25. The van der Waals surface area contributed by atoms with Crippen molar-refractivity contribution in [1.29, 1.82) is 0 Å². The molecule has 5 nitrogen and oxygen atoms in total. The summed E-state index contributed by atoms with van der Waals surface area (Å²) in [6, 6.07) is 21.4. The fourth-order valence-electron chi connectivity index (χ4n) is 3.23. The van der Waals surface area contributed by atoms with Crippen molar-refractivity contribution in [1.82, 2.24) is 0 Å². The molecule has 0 heterocycles. The van der Waals surface area contributed by atoms with Crippen LogP contribution in [-0.4, -0.2) is 33.4 Å². The van der Waals surface area contributed by atoms with Gasteiger partial charge in [-0.05, 0) is 77.7 Å². The summed E-state index contributed by atoms with van der Waals surface area (Å²) in [5.41, 5.74) is 3.89. The van der Waals surface area contributed by atoms with Crippen molar-refractivity contribution in [2.75, 3.05) is 27.4 Å². The fourth-order valence-corrected chi connectivity index (χ4v) is 3.23. The van der Waals surface area contributed by atoms with Gasteiger partial charge < -0.3 is 18.9 Å². The van der Waals surface area contributed by atoms with Gasteiger partial charge in [0.25, 0.3) is 0 Å². The van der Waals surface area contributed by atoms with Crippen molar-refractivity contribution < 1.29 is 23.7 Å². The van der Waals surface area contributed by atoms with E-state index in [1.807, 2.05) is 91.0 Å². The second-order valence-corrected chi connectivity index (χ2v) is 7.47. The zero-order chi connectivity index (χ0) is 24.9. The Morgan fingerprint density at radius 2 is 1.31 bits per heavy atom. The summed E-state index contributed by atoms with van der Waals surface area (Å²) in [6.45, 7) is 2.54. The van der Waals surface area contributed by atoms with E-state index in [1.165, 1.54) is 6.08 Å². The number of esters is 1. The van der Waals surface area contributed by atoms with Gasteiger partial charge in [-0.25, -0.2) is 4.79 Å². The van der Waals surface area contributed by atoms with Crippen LogP contribution in [0.2, 0.25) is 0 Å². The van der Waals surface area contributed by atoms with E-state index in [2.05, 4.69) is 0 Å². The maximum atomic E-state index is 11.8. The topological polar surface area (TPSA) is 54.0 Å². The third-order valence-electron chi connectivity index (χ3n) is 5.09. The molecule has 0 spiro atoms. The standard InChI is InChI=1S/C30H30O5/c1-4-34-30(31)20-14-25-13-19-29(35-21-5-6-23-8-15-27(32-2)16-9-23)22-26(25)12-7-24-10-17-28(33-3)18-11-24/h5-20,22H,4,21H2,1-3H3/b6-5+,12-7+,20-14+. The lowest BCUT2D eigenvalue weighted by Gasteiger charge is -2.08. The maximum absolute atomic E-state index is 11.8. The first-order valence-corrected chi connectivity index (χ1v) is 11.4. The number of carbonyl (C=O) groups excluding carboxylic acids is 1. The quantitative estimate of drug-likeness (QED) is 0.181. The molecule has 0 fully saturated rings. The summed E-state index contributed by atoms with van der Waals surface area (Å²) in [7, 11) is 3.29. The van der Waals surface area contributed by atoms with Crippen LogP contribution in [0.5, 0.6) is 17.2 Å². The van der Waals surface area contributed by atoms with E-state index in [9.17, 15) is 4.79 Å². The van der Waals surface area contributed by atoms with Crippen molar-refractivity contribution in [2.24, 2.45) is 0 Å². The smallest absolute Gasteiger partial charge is 0.330 e. The first-order chi connectivity index (χ1) is 17.1. The van der Waals surface area contributed by atoms with Crippen molar-refractivity contribution in [3.8, 4) is 17.2 Å². The van der Waals surface area contributed by atoms with Gasteiger partial charge >= 0.3 is 5.97 Å². The molecular weight excluding hydrogens is 440 g/mol. The minimum atomic E-state index is -0.374. The summed E-state index contributed by atoms with van der Waals surface area (Å²) in [6.07, 6.45) is 11.1. The normalized spacial score (nSPS) is 11.3. The van der Waals surface area contributed by atoms with Gasteiger partial charge in [0.2, 0.25) is 0 Å². The minimum Gasteiger partial charge on any atom is -0.497 e. The van der Waals surface area contributed by atoms with Gasteiger partial charge in [-0.2, -0.15) is 0 Å². The Kier molecular flexibility index (Phi) is 9.75. The average Bonchev–Trinajstić information content (AvgIpc) is 2.90. The number of hydrogen-bond donors (Lipinski definition) is 0. The molecule has 0 aliphatic carbocycles. The molecule has 0 atom stereocenters. The second kappa shape index (κ2) is 13.5. The van der Waals surface area contributed by atoms with Gasteiger partial charge in [-0.1, -0.05) is 48.6 Å². The second-order valence-electron chi connectivity index (χ2n) is 7.47. The molecule has 0 aromatic heterocycles. The van der Waals surface area contributed by atoms with Gasteiger partial charge in [0.1, 0.15) is 23.9 Å². The molecule has 0 unspecified atom stereocenters. The molecule has 3 rings (SSSR count). The van der Waals surface area contributed by atoms with Crippen molar-refractivity contribution in [2.45, 2.75) is 6.92 Å². The van der Waals surface area contributed by atoms with Crippen LogP contribution in [0, 0.1) is 0 Å². The highest BCUT2D eigenvalue weighted by Crippen LogP contribution is 2.23. The van der Waals surface area contributed by atoms with Gasteiger partial charge in [0, 0.05) is 6.08 Å². The van der Waals surface area contributed by atoms with E-state index in [-0.39, 0.29) is 5.97 Å². The lowest BCUT2D eigenvalue weighted by Crippen LogP contribution is -1.99. The molecule has 0 N–H and O–H groups in total. The van der Waals surface area contributed by atoms with Crippen LogP contribution in [0.25, 0.3) is 24.3 Å². The molecule has 0 aliphatic heterocycles. The van der Waals surface area contributed by atoms with Crippen LogP contribution < -0.4 is 14.2 Å². The van der Waals surface area contributed by atoms with Crippen molar-refractivity contribution in [3.05, 3.63) is 101 Å². The minimum absolute atomic E-state index is 0.338. The van der Waals surface area contributed by atoms with Gasteiger partial charge in [-0.3, -0.25) is 0 Å². The van der Waals surface area contributed by atoms with E-state index in [1.54, 1.807) is 27.2 Å². The lowest BCUT2D eigenvalue weighted by molar-refractivity contribution is -0.137. The molecule has 0 amide bonds. The van der Waals surface area contributed by atoms with Gasteiger partial charge in [0.15, 0.2) is 0 Å². The number of benzene rings is 3. The fraction of sp³-hybridized carbons (Fsp3) is 0.167. The van der Waals surface area contributed by atoms with Crippen LogP contribution in [-0.2, 0) is 9.53 Å². The van der Waals surface area contributed by atoms with Crippen molar-refractivity contribution in [3.63, 3.8) is 0 Å². The van der Waals surface area contributed by atoms with Crippen LogP contribution >= 0.6 is 0 Å². The Morgan fingerprint density at radius 1 is 0.714 bits per heavy atom. The number of rotatable bonds is 11. The van der Waals surface area contributed by atoms with E-state index >= 15 is 0 Å². The highest BCUT2D eigenvalue weighted by molar-refractivity contribution is 5.88. The Labute approximate surface area is 206 Å².